The van der Waals surface area contributed by atoms with E-state index in [1.165, 1.54) is 21.5 Å². The van der Waals surface area contributed by atoms with Crippen LogP contribution in [0.5, 0.6) is 0 Å². The van der Waals surface area contributed by atoms with E-state index in [-0.39, 0.29) is 0 Å². The van der Waals surface area contributed by atoms with Crippen molar-refractivity contribution in [2.45, 2.75) is 0 Å². The van der Waals surface area contributed by atoms with Crippen molar-refractivity contribution in [1.29, 1.82) is 5.26 Å². The standard InChI is InChI=1S/C54H29N5O2/c55-30-31-15-17-32(18-16-31)35-19-21-41-49(29-35)61-53-50(36-20-24-48-43(27-36)38-11-4-6-14-47(38)60-48)57-54(58-52(41)53)40-22-23-45(51-39(40)12-7-25-56-51)59-44-13-5-3-10-37(44)42-26-33-8-1-2-9-34(33)28-46(42)59/h1-29H. The summed E-state index contributed by atoms with van der Waals surface area (Å²) < 4.78 is 15.3. The molecule has 0 saturated carbocycles. The van der Waals surface area contributed by atoms with Crippen LogP contribution in [-0.2, 0) is 0 Å². The Morgan fingerprint density at radius 1 is 0.475 bits per heavy atom. The monoisotopic (exact) mass is 779 g/mol. The molecule has 0 radical (unpaired) electrons. The molecule has 0 aliphatic rings. The molecular weight excluding hydrogens is 751 g/mol. The van der Waals surface area contributed by atoms with Gasteiger partial charge in [0.1, 0.15) is 28.0 Å². The van der Waals surface area contributed by atoms with Crippen LogP contribution in [0, 0.1) is 11.3 Å². The summed E-state index contributed by atoms with van der Waals surface area (Å²) in [5.74, 6) is 0.566. The quantitative estimate of drug-likeness (QED) is 0.177. The van der Waals surface area contributed by atoms with E-state index in [4.69, 9.17) is 23.8 Å². The first kappa shape index (κ1) is 33.4. The van der Waals surface area contributed by atoms with Crippen LogP contribution in [-0.4, -0.2) is 19.5 Å². The van der Waals surface area contributed by atoms with Gasteiger partial charge in [-0.15, -0.1) is 0 Å². The molecule has 13 rings (SSSR count). The zero-order chi connectivity index (χ0) is 40.2. The van der Waals surface area contributed by atoms with Crippen LogP contribution in [0.15, 0.2) is 185 Å². The number of furan rings is 2. The predicted molar refractivity (Wildman–Crippen MR) is 245 cm³/mol. The van der Waals surface area contributed by atoms with E-state index in [9.17, 15) is 5.26 Å². The summed E-state index contributed by atoms with van der Waals surface area (Å²) in [6, 6.07) is 60.3. The van der Waals surface area contributed by atoms with E-state index in [0.29, 0.717) is 33.8 Å². The van der Waals surface area contributed by atoms with Crippen molar-refractivity contribution in [2.75, 3.05) is 0 Å². The Kier molecular flexibility index (Phi) is 6.95. The maximum Gasteiger partial charge on any atom is 0.180 e. The van der Waals surface area contributed by atoms with Crippen LogP contribution in [0.3, 0.4) is 0 Å². The van der Waals surface area contributed by atoms with Crippen molar-refractivity contribution in [3.8, 4) is 45.5 Å². The Bertz CT molecular complexity index is 4020. The van der Waals surface area contributed by atoms with Crippen LogP contribution in [0.1, 0.15) is 5.56 Å². The average Bonchev–Trinajstić information content (AvgIpc) is 3.99. The van der Waals surface area contributed by atoms with Gasteiger partial charge in [-0.3, -0.25) is 4.98 Å². The summed E-state index contributed by atoms with van der Waals surface area (Å²) in [7, 11) is 0. The number of hydrogen-bond donors (Lipinski definition) is 0. The van der Waals surface area contributed by atoms with E-state index >= 15 is 0 Å². The topological polar surface area (TPSA) is 93.7 Å². The summed E-state index contributed by atoms with van der Waals surface area (Å²) in [5, 5.41) is 18.0. The van der Waals surface area contributed by atoms with Crippen LogP contribution >= 0.6 is 0 Å². The lowest BCUT2D eigenvalue weighted by Gasteiger charge is -2.14. The minimum Gasteiger partial charge on any atom is -0.456 e. The summed E-state index contributed by atoms with van der Waals surface area (Å²) >= 11 is 0. The molecule has 5 heterocycles. The highest BCUT2D eigenvalue weighted by Crippen LogP contribution is 2.42. The third kappa shape index (κ3) is 5.00. The van der Waals surface area contributed by atoms with Gasteiger partial charge in [0.15, 0.2) is 11.4 Å². The van der Waals surface area contributed by atoms with Crippen molar-refractivity contribution < 1.29 is 8.83 Å². The predicted octanol–water partition coefficient (Wildman–Crippen LogP) is 13.9. The molecule has 7 heteroatoms. The van der Waals surface area contributed by atoms with Crippen LogP contribution in [0.2, 0.25) is 0 Å². The molecular formula is C54H29N5O2. The lowest BCUT2D eigenvalue weighted by molar-refractivity contribution is 0.666. The normalized spacial score (nSPS) is 11.9. The maximum atomic E-state index is 9.38. The van der Waals surface area contributed by atoms with Gasteiger partial charge in [0.2, 0.25) is 0 Å². The van der Waals surface area contributed by atoms with E-state index < -0.39 is 0 Å². The van der Waals surface area contributed by atoms with E-state index in [1.54, 1.807) is 0 Å². The first-order valence-electron chi connectivity index (χ1n) is 20.1. The van der Waals surface area contributed by atoms with E-state index in [0.717, 1.165) is 77.2 Å². The van der Waals surface area contributed by atoms with Crippen molar-refractivity contribution in [3.63, 3.8) is 0 Å². The second-order valence-corrected chi connectivity index (χ2v) is 15.5. The third-order valence-electron chi connectivity index (χ3n) is 12.1. The molecule has 0 fully saturated rings. The first-order chi connectivity index (χ1) is 30.2. The molecule has 61 heavy (non-hydrogen) atoms. The number of rotatable bonds is 4. The fourth-order valence-corrected chi connectivity index (χ4v) is 9.20. The molecule has 13 aromatic rings. The maximum absolute atomic E-state index is 9.38. The molecule has 0 unspecified atom stereocenters. The number of fused-ring (bicyclic) bond motifs is 11. The number of para-hydroxylation sites is 2. The lowest BCUT2D eigenvalue weighted by atomic mass is 10.0. The molecule has 5 aromatic heterocycles. The lowest BCUT2D eigenvalue weighted by Crippen LogP contribution is -1.99. The molecule has 0 spiro atoms. The molecule has 0 atom stereocenters. The van der Waals surface area contributed by atoms with Gasteiger partial charge in [0.25, 0.3) is 0 Å². The SMILES string of the molecule is N#Cc1ccc(-c2ccc3c(c2)oc2c(-c4ccc5oc6ccccc6c5c4)nc(-c4ccc(-n5c6ccccc6c6cc7ccccc7cc65)c5ncccc45)nc23)cc1. The first-order valence-corrected chi connectivity index (χ1v) is 20.1. The van der Waals surface area contributed by atoms with E-state index in [1.807, 2.05) is 72.9 Å². The van der Waals surface area contributed by atoms with Gasteiger partial charge in [-0.25, -0.2) is 9.97 Å². The highest BCUT2D eigenvalue weighted by molar-refractivity contribution is 6.15. The van der Waals surface area contributed by atoms with Crippen LogP contribution in [0.25, 0.3) is 127 Å². The Labute approximate surface area is 347 Å². The average molecular weight is 780 g/mol. The molecule has 0 N–H and O–H groups in total. The number of benzene rings is 8. The highest BCUT2D eigenvalue weighted by Gasteiger charge is 2.23. The fraction of sp³-hybridized carbons (Fsp3) is 0. The molecule has 0 amide bonds. The Hall–Kier alpha value is -8.60. The Morgan fingerprint density at radius 3 is 2.11 bits per heavy atom. The molecule has 0 aliphatic carbocycles. The smallest absolute Gasteiger partial charge is 0.180 e. The zero-order valence-electron chi connectivity index (χ0n) is 32.3. The molecule has 0 saturated heterocycles. The van der Waals surface area contributed by atoms with Crippen LogP contribution in [0.4, 0.5) is 0 Å². The van der Waals surface area contributed by atoms with Gasteiger partial charge in [-0.1, -0.05) is 84.9 Å². The molecule has 0 aliphatic heterocycles. The van der Waals surface area contributed by atoms with E-state index in [2.05, 4.69) is 114 Å². The summed E-state index contributed by atoms with van der Waals surface area (Å²) in [5.41, 5.74) is 12.7. The number of pyridine rings is 1. The Morgan fingerprint density at radius 2 is 1.23 bits per heavy atom. The Balaban J connectivity index is 1.06. The van der Waals surface area contributed by atoms with Crippen molar-refractivity contribution >= 4 is 87.5 Å². The van der Waals surface area contributed by atoms with Crippen molar-refractivity contribution in [3.05, 3.63) is 182 Å². The van der Waals surface area contributed by atoms with Crippen LogP contribution < -0.4 is 0 Å². The number of hydrogen-bond acceptors (Lipinski definition) is 6. The largest absolute Gasteiger partial charge is 0.456 e. The minimum absolute atomic E-state index is 0.566. The summed E-state index contributed by atoms with van der Waals surface area (Å²) in [6.45, 7) is 0. The number of nitrogens with zero attached hydrogens (tertiary/aromatic N) is 5. The summed E-state index contributed by atoms with van der Waals surface area (Å²) in [4.78, 5) is 15.8. The second kappa shape index (κ2) is 12.7. The summed E-state index contributed by atoms with van der Waals surface area (Å²) in [6.07, 6.45) is 1.86. The zero-order valence-corrected chi connectivity index (χ0v) is 32.3. The van der Waals surface area contributed by atoms with Gasteiger partial charge in [0.05, 0.1) is 33.9 Å². The van der Waals surface area contributed by atoms with Gasteiger partial charge >= 0.3 is 0 Å². The fourth-order valence-electron chi connectivity index (χ4n) is 9.20. The number of nitriles is 1. The molecule has 8 aromatic carbocycles. The molecule has 7 nitrogen and oxygen atoms in total. The van der Waals surface area contributed by atoms with Gasteiger partial charge in [0, 0.05) is 49.6 Å². The van der Waals surface area contributed by atoms with Gasteiger partial charge < -0.3 is 13.4 Å². The second-order valence-electron chi connectivity index (χ2n) is 15.5. The number of aromatic nitrogens is 4. The van der Waals surface area contributed by atoms with Crippen molar-refractivity contribution in [1.82, 2.24) is 19.5 Å². The molecule has 282 valence electrons. The van der Waals surface area contributed by atoms with Gasteiger partial charge in [-0.2, -0.15) is 5.26 Å². The van der Waals surface area contributed by atoms with Gasteiger partial charge in [-0.05, 0) is 107 Å². The van der Waals surface area contributed by atoms with Crippen molar-refractivity contribution in [2.24, 2.45) is 0 Å². The highest BCUT2D eigenvalue weighted by atomic mass is 16.3. The minimum atomic E-state index is 0.566. The third-order valence-corrected chi connectivity index (χ3v) is 12.1. The molecule has 0 bridgehead atoms.